The second kappa shape index (κ2) is 5.64. The summed E-state index contributed by atoms with van der Waals surface area (Å²) in [7, 11) is 0. The molecular weight excluding hydrogens is 202 g/mol. The Kier molecular flexibility index (Phi) is 4.74. The van der Waals surface area contributed by atoms with Gasteiger partial charge in [-0.25, -0.2) is 0 Å². The standard InChI is InChI=1S/C12H25N3O/c1-5-12(3,4)14-11(16)10(2)15-8-6-13-7-9-15/h10,13H,5-9H2,1-4H3,(H,14,16). The van der Waals surface area contributed by atoms with Gasteiger partial charge in [0.1, 0.15) is 0 Å². The Morgan fingerprint density at radius 1 is 1.44 bits per heavy atom. The Hall–Kier alpha value is -0.610. The van der Waals surface area contributed by atoms with Gasteiger partial charge in [0, 0.05) is 31.7 Å². The number of hydrogen-bond donors (Lipinski definition) is 2. The van der Waals surface area contributed by atoms with Crippen molar-refractivity contribution >= 4 is 5.91 Å². The molecule has 0 aromatic heterocycles. The fraction of sp³-hybridized carbons (Fsp3) is 0.917. The highest BCUT2D eigenvalue weighted by atomic mass is 16.2. The van der Waals surface area contributed by atoms with Gasteiger partial charge in [-0.15, -0.1) is 0 Å². The smallest absolute Gasteiger partial charge is 0.237 e. The van der Waals surface area contributed by atoms with E-state index in [0.717, 1.165) is 32.6 Å². The van der Waals surface area contributed by atoms with E-state index in [9.17, 15) is 4.79 Å². The summed E-state index contributed by atoms with van der Waals surface area (Å²) >= 11 is 0. The van der Waals surface area contributed by atoms with Crippen molar-refractivity contribution in [3.05, 3.63) is 0 Å². The molecule has 0 aromatic rings. The van der Waals surface area contributed by atoms with Crippen LogP contribution < -0.4 is 10.6 Å². The van der Waals surface area contributed by atoms with Gasteiger partial charge in [0.25, 0.3) is 0 Å². The first-order valence-electron chi connectivity index (χ1n) is 6.23. The molecule has 16 heavy (non-hydrogen) atoms. The average molecular weight is 227 g/mol. The van der Waals surface area contributed by atoms with Crippen molar-refractivity contribution in [3.8, 4) is 0 Å². The molecule has 0 bridgehead atoms. The van der Waals surface area contributed by atoms with E-state index in [2.05, 4.69) is 36.3 Å². The maximum Gasteiger partial charge on any atom is 0.237 e. The highest BCUT2D eigenvalue weighted by Gasteiger charge is 2.26. The Morgan fingerprint density at radius 3 is 2.50 bits per heavy atom. The molecule has 0 saturated carbocycles. The van der Waals surface area contributed by atoms with Gasteiger partial charge in [0.15, 0.2) is 0 Å². The maximum absolute atomic E-state index is 12.0. The van der Waals surface area contributed by atoms with E-state index in [4.69, 9.17) is 0 Å². The summed E-state index contributed by atoms with van der Waals surface area (Å²) < 4.78 is 0. The molecule has 94 valence electrons. The van der Waals surface area contributed by atoms with Crippen molar-refractivity contribution in [2.45, 2.75) is 45.7 Å². The van der Waals surface area contributed by atoms with E-state index in [1.807, 2.05) is 6.92 Å². The van der Waals surface area contributed by atoms with Crippen LogP contribution in [0.5, 0.6) is 0 Å². The van der Waals surface area contributed by atoms with Crippen LogP contribution in [0.3, 0.4) is 0 Å². The van der Waals surface area contributed by atoms with Crippen LogP contribution in [-0.2, 0) is 4.79 Å². The van der Waals surface area contributed by atoms with E-state index in [1.165, 1.54) is 0 Å². The van der Waals surface area contributed by atoms with Gasteiger partial charge < -0.3 is 10.6 Å². The second-order valence-corrected chi connectivity index (χ2v) is 5.19. The summed E-state index contributed by atoms with van der Waals surface area (Å²) in [6, 6.07) is -0.0204. The molecule has 0 aromatic carbocycles. The first-order chi connectivity index (χ1) is 7.46. The lowest BCUT2D eigenvalue weighted by Gasteiger charge is -2.34. The summed E-state index contributed by atoms with van der Waals surface area (Å²) in [5.41, 5.74) is -0.0978. The van der Waals surface area contributed by atoms with E-state index < -0.39 is 0 Å². The van der Waals surface area contributed by atoms with Gasteiger partial charge in [-0.3, -0.25) is 9.69 Å². The number of piperazine rings is 1. The molecule has 4 heteroatoms. The molecule has 0 spiro atoms. The van der Waals surface area contributed by atoms with Crippen molar-refractivity contribution in [2.75, 3.05) is 26.2 Å². The second-order valence-electron chi connectivity index (χ2n) is 5.19. The SMILES string of the molecule is CCC(C)(C)NC(=O)C(C)N1CCNCC1. The van der Waals surface area contributed by atoms with Crippen LogP contribution >= 0.6 is 0 Å². The number of carbonyl (C=O) groups is 1. The zero-order valence-corrected chi connectivity index (χ0v) is 11.0. The Balaban J connectivity index is 2.46. The van der Waals surface area contributed by atoms with Crippen LogP contribution in [0.15, 0.2) is 0 Å². The maximum atomic E-state index is 12.0. The Morgan fingerprint density at radius 2 is 2.00 bits per heavy atom. The molecule has 1 aliphatic rings. The van der Waals surface area contributed by atoms with E-state index in [0.29, 0.717) is 0 Å². The van der Waals surface area contributed by atoms with Crippen molar-refractivity contribution in [1.29, 1.82) is 0 Å². The third kappa shape index (κ3) is 3.76. The van der Waals surface area contributed by atoms with Gasteiger partial charge in [-0.2, -0.15) is 0 Å². The lowest BCUT2D eigenvalue weighted by molar-refractivity contribution is -0.127. The molecule has 1 saturated heterocycles. The topological polar surface area (TPSA) is 44.4 Å². The Labute approximate surface area is 98.8 Å². The quantitative estimate of drug-likeness (QED) is 0.738. The molecule has 1 rings (SSSR count). The minimum atomic E-state index is -0.0978. The molecule has 2 N–H and O–H groups in total. The predicted molar refractivity (Wildman–Crippen MR) is 66.4 cm³/mol. The molecule has 1 unspecified atom stereocenters. The fourth-order valence-corrected chi connectivity index (χ4v) is 1.76. The number of carbonyl (C=O) groups excluding carboxylic acids is 1. The van der Waals surface area contributed by atoms with Crippen LogP contribution in [-0.4, -0.2) is 48.6 Å². The number of amides is 1. The molecule has 1 aliphatic heterocycles. The van der Waals surface area contributed by atoms with Gasteiger partial charge >= 0.3 is 0 Å². The van der Waals surface area contributed by atoms with Crippen LogP contribution in [0.2, 0.25) is 0 Å². The lowest BCUT2D eigenvalue weighted by atomic mass is 10.0. The minimum Gasteiger partial charge on any atom is -0.350 e. The summed E-state index contributed by atoms with van der Waals surface area (Å²) in [5, 5.41) is 6.40. The lowest BCUT2D eigenvalue weighted by Crippen LogP contribution is -2.55. The molecule has 0 aliphatic carbocycles. The molecule has 1 heterocycles. The summed E-state index contributed by atoms with van der Waals surface area (Å²) in [6.45, 7) is 12.1. The first kappa shape index (κ1) is 13.5. The largest absolute Gasteiger partial charge is 0.350 e. The van der Waals surface area contributed by atoms with Gasteiger partial charge in [0.05, 0.1) is 6.04 Å². The summed E-state index contributed by atoms with van der Waals surface area (Å²) in [6.07, 6.45) is 0.951. The molecule has 4 nitrogen and oxygen atoms in total. The average Bonchev–Trinajstić information content (AvgIpc) is 2.28. The first-order valence-corrected chi connectivity index (χ1v) is 6.23. The normalized spacial score (nSPS) is 20.5. The number of nitrogens with zero attached hydrogens (tertiary/aromatic N) is 1. The summed E-state index contributed by atoms with van der Waals surface area (Å²) in [4.78, 5) is 14.3. The van der Waals surface area contributed by atoms with Crippen LogP contribution in [0.25, 0.3) is 0 Å². The van der Waals surface area contributed by atoms with Crippen molar-refractivity contribution in [3.63, 3.8) is 0 Å². The molecule has 1 atom stereocenters. The van der Waals surface area contributed by atoms with Gasteiger partial charge in [0.2, 0.25) is 5.91 Å². The zero-order chi connectivity index (χ0) is 12.2. The van der Waals surface area contributed by atoms with Gasteiger partial charge in [-0.1, -0.05) is 6.92 Å². The number of nitrogens with one attached hydrogen (secondary N) is 2. The van der Waals surface area contributed by atoms with Gasteiger partial charge in [-0.05, 0) is 27.2 Å². The minimum absolute atomic E-state index is 0.0204. The number of hydrogen-bond acceptors (Lipinski definition) is 3. The van der Waals surface area contributed by atoms with E-state index in [1.54, 1.807) is 0 Å². The zero-order valence-electron chi connectivity index (χ0n) is 11.0. The molecule has 0 radical (unpaired) electrons. The van der Waals surface area contributed by atoms with Crippen LogP contribution in [0.1, 0.15) is 34.1 Å². The Bertz CT molecular complexity index is 234. The highest BCUT2D eigenvalue weighted by molar-refractivity contribution is 5.82. The highest BCUT2D eigenvalue weighted by Crippen LogP contribution is 2.09. The van der Waals surface area contributed by atoms with Crippen LogP contribution in [0, 0.1) is 0 Å². The molecule has 1 amide bonds. The predicted octanol–water partition coefficient (Wildman–Crippen LogP) is 0.585. The van der Waals surface area contributed by atoms with Crippen molar-refractivity contribution in [2.24, 2.45) is 0 Å². The van der Waals surface area contributed by atoms with Crippen LogP contribution in [0.4, 0.5) is 0 Å². The third-order valence-corrected chi connectivity index (χ3v) is 3.42. The molecular formula is C12H25N3O. The van der Waals surface area contributed by atoms with E-state index >= 15 is 0 Å². The number of rotatable bonds is 4. The molecule has 1 fully saturated rings. The monoisotopic (exact) mass is 227 g/mol. The van der Waals surface area contributed by atoms with Crippen molar-refractivity contribution in [1.82, 2.24) is 15.5 Å². The van der Waals surface area contributed by atoms with E-state index in [-0.39, 0.29) is 17.5 Å². The third-order valence-electron chi connectivity index (χ3n) is 3.42. The summed E-state index contributed by atoms with van der Waals surface area (Å²) in [5.74, 6) is 0.147. The van der Waals surface area contributed by atoms with Crippen molar-refractivity contribution < 1.29 is 4.79 Å². The fourth-order valence-electron chi connectivity index (χ4n) is 1.76.